The number of allylic oxidation sites excluding steroid dienone is 2. The molecular formula is C6H13N2. The van der Waals surface area contributed by atoms with Crippen molar-refractivity contribution in [3.05, 3.63) is 17.7 Å². The fraction of sp³-hybridized carbons (Fsp3) is 0.500. The molecule has 0 unspecified atom stereocenters. The topological polar surface area (TPSA) is 38.0 Å². The Kier molecular flexibility index (Phi) is 3.28. The number of hydrazine groups is 1. The largest absolute Gasteiger partial charge is 0.328 e. The summed E-state index contributed by atoms with van der Waals surface area (Å²) in [7, 11) is 0. The lowest BCUT2D eigenvalue weighted by atomic mass is 10.1. The van der Waals surface area contributed by atoms with E-state index in [-0.39, 0.29) is 0 Å². The van der Waals surface area contributed by atoms with Gasteiger partial charge in [-0.1, -0.05) is 19.9 Å². The van der Waals surface area contributed by atoms with Crippen LogP contribution in [0.2, 0.25) is 0 Å². The molecule has 0 aliphatic heterocycles. The van der Waals surface area contributed by atoms with Crippen molar-refractivity contribution in [1.82, 2.24) is 5.43 Å². The first kappa shape index (κ1) is 7.50. The summed E-state index contributed by atoms with van der Waals surface area (Å²) >= 11 is 0. The third-order valence-electron chi connectivity index (χ3n) is 0.983. The summed E-state index contributed by atoms with van der Waals surface area (Å²) in [6, 6.07) is 0. The molecule has 0 fully saturated rings. The second-order valence-corrected chi connectivity index (χ2v) is 1.85. The van der Waals surface area contributed by atoms with E-state index in [4.69, 9.17) is 5.84 Å². The first-order chi connectivity index (χ1) is 3.72. The van der Waals surface area contributed by atoms with Crippen molar-refractivity contribution in [3.8, 4) is 0 Å². The number of nitrogens with two attached hydrogens (primary N) is 1. The molecule has 0 amide bonds. The predicted octanol–water partition coefficient (Wildman–Crippen LogP) is 0.968. The first-order valence-corrected chi connectivity index (χ1v) is 2.65. The molecule has 0 aliphatic rings. The zero-order valence-corrected chi connectivity index (χ0v) is 5.65. The number of hydrogen-bond acceptors (Lipinski definition) is 2. The van der Waals surface area contributed by atoms with E-state index in [1.165, 1.54) is 5.92 Å². The van der Waals surface area contributed by atoms with Gasteiger partial charge in [-0.25, -0.2) is 0 Å². The van der Waals surface area contributed by atoms with Crippen molar-refractivity contribution in [1.29, 1.82) is 0 Å². The number of nitrogens with one attached hydrogen (secondary N) is 1. The van der Waals surface area contributed by atoms with Crippen LogP contribution in [0.4, 0.5) is 0 Å². The van der Waals surface area contributed by atoms with Gasteiger partial charge in [0.2, 0.25) is 0 Å². The minimum Gasteiger partial charge on any atom is -0.328 e. The molecular weight excluding hydrogens is 100 g/mol. The summed E-state index contributed by atoms with van der Waals surface area (Å²) in [5, 5.41) is 0. The Labute approximate surface area is 50.7 Å². The van der Waals surface area contributed by atoms with E-state index in [2.05, 4.69) is 5.43 Å². The summed E-state index contributed by atoms with van der Waals surface area (Å²) in [4.78, 5) is 0. The third kappa shape index (κ3) is 1.98. The molecule has 0 heterocycles. The normalized spacial score (nSPS) is 12.4. The van der Waals surface area contributed by atoms with Crippen molar-refractivity contribution in [2.75, 3.05) is 0 Å². The van der Waals surface area contributed by atoms with Crippen molar-refractivity contribution in [2.24, 2.45) is 5.84 Å². The van der Waals surface area contributed by atoms with Crippen LogP contribution in [0.25, 0.3) is 0 Å². The van der Waals surface area contributed by atoms with Crippen molar-refractivity contribution in [2.45, 2.75) is 20.8 Å². The van der Waals surface area contributed by atoms with E-state index in [0.29, 0.717) is 0 Å². The van der Waals surface area contributed by atoms with Crippen LogP contribution < -0.4 is 11.3 Å². The molecule has 2 heteroatoms. The quantitative estimate of drug-likeness (QED) is 0.413. The Balaban J connectivity index is 3.72. The molecule has 2 nitrogen and oxygen atoms in total. The summed E-state index contributed by atoms with van der Waals surface area (Å²) in [6.45, 7) is 5.96. The highest BCUT2D eigenvalue weighted by atomic mass is 15.2. The fourth-order valence-corrected chi connectivity index (χ4v) is 0.516. The van der Waals surface area contributed by atoms with Gasteiger partial charge in [0, 0.05) is 11.6 Å². The Morgan fingerprint density at radius 2 is 2.00 bits per heavy atom. The zero-order chi connectivity index (χ0) is 6.57. The molecule has 1 radical (unpaired) electrons. The van der Waals surface area contributed by atoms with E-state index in [1.807, 2.05) is 26.8 Å². The summed E-state index contributed by atoms with van der Waals surface area (Å²) in [5.74, 6) is 6.35. The Morgan fingerprint density at radius 3 is 2.00 bits per heavy atom. The van der Waals surface area contributed by atoms with E-state index in [1.54, 1.807) is 0 Å². The summed E-state index contributed by atoms with van der Waals surface area (Å²) in [5.41, 5.74) is 3.58. The highest BCUT2D eigenvalue weighted by Gasteiger charge is 1.96. The first-order valence-electron chi connectivity index (χ1n) is 2.65. The fourth-order valence-electron chi connectivity index (χ4n) is 0.516. The maximum atomic E-state index is 5.15. The lowest BCUT2D eigenvalue weighted by molar-refractivity contribution is 0.843. The SMILES string of the molecule is C/C=C(/NN)[C](C)C. The summed E-state index contributed by atoms with van der Waals surface area (Å²) < 4.78 is 0. The molecule has 0 aromatic rings. The van der Waals surface area contributed by atoms with Crippen molar-refractivity contribution < 1.29 is 0 Å². The second kappa shape index (κ2) is 3.50. The molecule has 8 heavy (non-hydrogen) atoms. The molecule has 0 saturated carbocycles. The van der Waals surface area contributed by atoms with Gasteiger partial charge in [0.25, 0.3) is 0 Å². The van der Waals surface area contributed by atoms with Crippen LogP contribution in [0.1, 0.15) is 20.8 Å². The van der Waals surface area contributed by atoms with Gasteiger partial charge in [-0.05, 0) is 6.92 Å². The van der Waals surface area contributed by atoms with Crippen LogP contribution in [0, 0.1) is 5.92 Å². The summed E-state index contributed by atoms with van der Waals surface area (Å²) in [6.07, 6.45) is 1.94. The second-order valence-electron chi connectivity index (χ2n) is 1.85. The molecule has 0 aromatic heterocycles. The van der Waals surface area contributed by atoms with Crippen LogP contribution in [0.15, 0.2) is 11.8 Å². The molecule has 47 valence electrons. The van der Waals surface area contributed by atoms with E-state index >= 15 is 0 Å². The van der Waals surface area contributed by atoms with Gasteiger partial charge in [0.05, 0.1) is 0 Å². The van der Waals surface area contributed by atoms with Crippen LogP contribution >= 0.6 is 0 Å². The lowest BCUT2D eigenvalue weighted by Gasteiger charge is -2.06. The molecule has 0 aromatic carbocycles. The van der Waals surface area contributed by atoms with E-state index < -0.39 is 0 Å². The van der Waals surface area contributed by atoms with E-state index in [9.17, 15) is 0 Å². The van der Waals surface area contributed by atoms with Crippen LogP contribution in [0.3, 0.4) is 0 Å². The van der Waals surface area contributed by atoms with E-state index in [0.717, 1.165) is 5.70 Å². The molecule has 3 N–H and O–H groups in total. The smallest absolute Gasteiger partial charge is 0.0282 e. The molecule has 0 bridgehead atoms. The van der Waals surface area contributed by atoms with Gasteiger partial charge in [0.1, 0.15) is 0 Å². The van der Waals surface area contributed by atoms with Crippen LogP contribution in [-0.4, -0.2) is 0 Å². The Bertz CT molecular complexity index is 84.5. The highest BCUT2D eigenvalue weighted by Crippen LogP contribution is 2.04. The monoisotopic (exact) mass is 113 g/mol. The van der Waals surface area contributed by atoms with Crippen molar-refractivity contribution >= 4 is 0 Å². The Hall–Kier alpha value is -0.500. The van der Waals surface area contributed by atoms with Gasteiger partial charge in [-0.3, -0.25) is 5.84 Å². The highest BCUT2D eigenvalue weighted by molar-refractivity contribution is 5.16. The van der Waals surface area contributed by atoms with Gasteiger partial charge < -0.3 is 5.43 Å². The minimum absolute atomic E-state index is 1.00. The Morgan fingerprint density at radius 1 is 1.50 bits per heavy atom. The maximum Gasteiger partial charge on any atom is 0.0282 e. The lowest BCUT2D eigenvalue weighted by Crippen LogP contribution is -2.23. The molecule has 0 aliphatic carbocycles. The average molecular weight is 113 g/mol. The molecule has 0 saturated heterocycles. The standard InChI is InChI=1S/C6H13N2/c1-4-6(8-7)5(2)3/h4,8H,7H2,1-3H3/b6-4+. The van der Waals surface area contributed by atoms with Gasteiger partial charge in [0.15, 0.2) is 0 Å². The molecule has 0 spiro atoms. The molecule has 0 rings (SSSR count). The van der Waals surface area contributed by atoms with Gasteiger partial charge >= 0.3 is 0 Å². The van der Waals surface area contributed by atoms with Gasteiger partial charge in [-0.2, -0.15) is 0 Å². The maximum absolute atomic E-state index is 5.15. The number of rotatable bonds is 2. The van der Waals surface area contributed by atoms with Crippen molar-refractivity contribution in [3.63, 3.8) is 0 Å². The minimum atomic E-state index is 1.00. The van der Waals surface area contributed by atoms with Crippen LogP contribution in [0.5, 0.6) is 0 Å². The zero-order valence-electron chi connectivity index (χ0n) is 5.65. The van der Waals surface area contributed by atoms with Gasteiger partial charge in [-0.15, -0.1) is 0 Å². The molecule has 0 atom stereocenters. The third-order valence-corrected chi connectivity index (χ3v) is 0.983. The van der Waals surface area contributed by atoms with Crippen LogP contribution in [-0.2, 0) is 0 Å². The average Bonchev–Trinajstić information content (AvgIpc) is 1.69. The predicted molar refractivity (Wildman–Crippen MR) is 35.7 cm³/mol. The number of hydrogen-bond donors (Lipinski definition) is 2.